The SMILES string of the molecule is NC1CCCN(c2cn(S(=O)(=O)c3cccc(F)c3)c3cccnc23)C1.O=CO. The van der Waals surface area contributed by atoms with Gasteiger partial charge in [-0.3, -0.25) is 9.78 Å². The second-order valence-electron chi connectivity index (χ2n) is 6.60. The number of anilines is 1. The Morgan fingerprint density at radius 3 is 2.72 bits per heavy atom. The molecule has 1 aliphatic rings. The van der Waals surface area contributed by atoms with Crippen LogP contribution in [0.5, 0.6) is 0 Å². The molecule has 3 heterocycles. The first-order chi connectivity index (χ1) is 13.9. The number of halogens is 1. The number of rotatable bonds is 3. The van der Waals surface area contributed by atoms with E-state index < -0.39 is 15.8 Å². The lowest BCUT2D eigenvalue weighted by atomic mass is 10.1. The Labute approximate surface area is 167 Å². The second kappa shape index (κ2) is 8.58. The van der Waals surface area contributed by atoms with Crippen LogP contribution < -0.4 is 10.6 Å². The summed E-state index contributed by atoms with van der Waals surface area (Å²) in [5.74, 6) is -0.595. The molecule has 1 aromatic carbocycles. The molecular weight excluding hydrogens is 399 g/mol. The predicted molar refractivity (Wildman–Crippen MR) is 107 cm³/mol. The van der Waals surface area contributed by atoms with Gasteiger partial charge in [-0.1, -0.05) is 6.07 Å². The molecule has 8 nitrogen and oxygen atoms in total. The number of pyridine rings is 1. The van der Waals surface area contributed by atoms with Gasteiger partial charge in [0.05, 0.1) is 16.1 Å². The van der Waals surface area contributed by atoms with E-state index in [2.05, 4.69) is 9.88 Å². The van der Waals surface area contributed by atoms with E-state index in [1.807, 2.05) is 0 Å². The van der Waals surface area contributed by atoms with Crippen molar-refractivity contribution in [3.05, 3.63) is 54.6 Å². The first kappa shape index (κ1) is 20.7. The molecule has 0 aliphatic carbocycles. The molecule has 2 aromatic heterocycles. The van der Waals surface area contributed by atoms with E-state index in [0.717, 1.165) is 31.1 Å². The van der Waals surface area contributed by atoms with Crippen molar-refractivity contribution < 1.29 is 22.7 Å². The number of fused-ring (bicyclic) bond motifs is 1. The lowest BCUT2D eigenvalue weighted by Crippen LogP contribution is -2.42. The van der Waals surface area contributed by atoms with Crippen LogP contribution in [-0.2, 0) is 14.8 Å². The van der Waals surface area contributed by atoms with Gasteiger partial charge in [0, 0.05) is 31.5 Å². The quantitative estimate of drug-likeness (QED) is 0.623. The largest absolute Gasteiger partial charge is 0.483 e. The van der Waals surface area contributed by atoms with Gasteiger partial charge in [-0.15, -0.1) is 0 Å². The number of nitrogens with two attached hydrogens (primary N) is 1. The number of hydrogen-bond donors (Lipinski definition) is 2. The number of aromatic nitrogens is 2. The number of benzene rings is 1. The summed E-state index contributed by atoms with van der Waals surface area (Å²) in [6.45, 7) is 1.19. The fourth-order valence-corrected chi connectivity index (χ4v) is 4.80. The van der Waals surface area contributed by atoms with Crippen LogP contribution in [0.25, 0.3) is 11.0 Å². The topological polar surface area (TPSA) is 119 Å². The molecule has 0 bridgehead atoms. The van der Waals surface area contributed by atoms with Gasteiger partial charge in [0.25, 0.3) is 16.5 Å². The maximum atomic E-state index is 13.6. The van der Waals surface area contributed by atoms with Gasteiger partial charge in [-0.05, 0) is 43.2 Å². The van der Waals surface area contributed by atoms with Gasteiger partial charge in [-0.25, -0.2) is 16.8 Å². The molecule has 0 radical (unpaired) electrons. The molecule has 1 unspecified atom stereocenters. The Balaban J connectivity index is 0.000000755. The summed E-state index contributed by atoms with van der Waals surface area (Å²) in [6, 6.07) is 8.44. The molecule has 29 heavy (non-hydrogen) atoms. The minimum absolute atomic E-state index is 0.0469. The summed E-state index contributed by atoms with van der Waals surface area (Å²) in [6.07, 6.45) is 5.09. The number of piperidine rings is 1. The van der Waals surface area contributed by atoms with Crippen molar-refractivity contribution in [1.29, 1.82) is 0 Å². The van der Waals surface area contributed by atoms with E-state index >= 15 is 0 Å². The van der Waals surface area contributed by atoms with Crippen LogP contribution in [0.1, 0.15) is 12.8 Å². The van der Waals surface area contributed by atoms with Crippen molar-refractivity contribution in [3.8, 4) is 0 Å². The average Bonchev–Trinajstić information content (AvgIpc) is 3.09. The van der Waals surface area contributed by atoms with Crippen molar-refractivity contribution in [1.82, 2.24) is 8.96 Å². The smallest absolute Gasteiger partial charge is 0.290 e. The van der Waals surface area contributed by atoms with Crippen LogP contribution >= 0.6 is 0 Å². The Morgan fingerprint density at radius 1 is 1.28 bits per heavy atom. The lowest BCUT2D eigenvalue weighted by molar-refractivity contribution is -0.122. The zero-order valence-corrected chi connectivity index (χ0v) is 16.3. The van der Waals surface area contributed by atoms with Crippen molar-refractivity contribution in [3.63, 3.8) is 0 Å². The highest BCUT2D eigenvalue weighted by molar-refractivity contribution is 7.90. The fourth-order valence-electron chi connectivity index (χ4n) is 3.41. The lowest BCUT2D eigenvalue weighted by Gasteiger charge is -2.31. The molecule has 10 heteroatoms. The standard InChI is InChI=1S/C18H19FN4O2S.CH2O2/c19-13-4-1-6-15(10-13)26(24,25)23-12-17(18-16(23)7-2-8-21-18)22-9-3-5-14(20)11-22;2-1-3/h1-2,4,6-8,10,12,14H,3,5,9,11,20H2;1H,(H,2,3). The van der Waals surface area contributed by atoms with Crippen molar-refractivity contribution in [2.24, 2.45) is 5.73 Å². The Morgan fingerprint density at radius 2 is 2.03 bits per heavy atom. The van der Waals surface area contributed by atoms with E-state index in [9.17, 15) is 12.8 Å². The van der Waals surface area contributed by atoms with Crippen LogP contribution in [0.3, 0.4) is 0 Å². The third-order valence-corrected chi connectivity index (χ3v) is 6.33. The molecule has 0 spiro atoms. The molecule has 0 saturated carbocycles. The van der Waals surface area contributed by atoms with Gasteiger partial charge >= 0.3 is 0 Å². The molecule has 3 N–H and O–H groups in total. The van der Waals surface area contributed by atoms with E-state index in [4.69, 9.17) is 15.6 Å². The highest BCUT2D eigenvalue weighted by Gasteiger charge is 2.26. The Bertz CT molecular complexity index is 1120. The van der Waals surface area contributed by atoms with Gasteiger partial charge in [0.1, 0.15) is 11.3 Å². The second-order valence-corrected chi connectivity index (χ2v) is 8.41. The summed E-state index contributed by atoms with van der Waals surface area (Å²) in [5, 5.41) is 6.89. The summed E-state index contributed by atoms with van der Waals surface area (Å²) < 4.78 is 40.9. The van der Waals surface area contributed by atoms with Crippen molar-refractivity contribution in [2.75, 3.05) is 18.0 Å². The van der Waals surface area contributed by atoms with Crippen LogP contribution in [0.2, 0.25) is 0 Å². The molecule has 1 aliphatic heterocycles. The third-order valence-electron chi connectivity index (χ3n) is 4.66. The molecule has 154 valence electrons. The summed E-state index contributed by atoms with van der Waals surface area (Å²) in [4.78, 5) is 14.7. The van der Waals surface area contributed by atoms with E-state index in [1.54, 1.807) is 24.5 Å². The van der Waals surface area contributed by atoms with Gasteiger partial charge in [0.2, 0.25) is 0 Å². The van der Waals surface area contributed by atoms with Crippen LogP contribution in [0.4, 0.5) is 10.1 Å². The summed E-state index contributed by atoms with van der Waals surface area (Å²) in [7, 11) is -3.94. The van der Waals surface area contributed by atoms with Gasteiger partial charge in [0.15, 0.2) is 0 Å². The zero-order valence-electron chi connectivity index (χ0n) is 15.5. The molecule has 0 amide bonds. The fraction of sp³-hybridized carbons (Fsp3) is 0.263. The van der Waals surface area contributed by atoms with Crippen molar-refractivity contribution in [2.45, 2.75) is 23.8 Å². The highest BCUT2D eigenvalue weighted by Crippen LogP contribution is 2.32. The highest BCUT2D eigenvalue weighted by atomic mass is 32.2. The normalized spacial score (nSPS) is 16.9. The monoisotopic (exact) mass is 420 g/mol. The number of carboxylic acid groups (broad SMARTS) is 1. The molecular formula is C19H21FN4O4S. The molecule has 1 fully saturated rings. The molecule has 1 atom stereocenters. The van der Waals surface area contributed by atoms with Crippen LogP contribution in [0.15, 0.2) is 53.7 Å². The molecule has 4 rings (SSSR count). The maximum absolute atomic E-state index is 13.6. The summed E-state index contributed by atoms with van der Waals surface area (Å²) >= 11 is 0. The van der Waals surface area contributed by atoms with E-state index in [1.165, 1.54) is 22.2 Å². The molecule has 3 aromatic rings. The van der Waals surface area contributed by atoms with Gasteiger partial charge < -0.3 is 15.7 Å². The minimum atomic E-state index is -3.94. The van der Waals surface area contributed by atoms with Crippen LogP contribution in [0, 0.1) is 5.82 Å². The third kappa shape index (κ3) is 4.22. The van der Waals surface area contributed by atoms with Crippen molar-refractivity contribution >= 4 is 33.2 Å². The minimum Gasteiger partial charge on any atom is -0.483 e. The average molecular weight is 420 g/mol. The van der Waals surface area contributed by atoms with Gasteiger partial charge in [-0.2, -0.15) is 0 Å². The number of hydrogen-bond acceptors (Lipinski definition) is 6. The Hall–Kier alpha value is -2.98. The number of carbonyl (C=O) groups is 1. The molecule has 1 saturated heterocycles. The zero-order chi connectivity index (χ0) is 21.0. The first-order valence-electron chi connectivity index (χ1n) is 8.94. The number of nitrogens with zero attached hydrogens (tertiary/aromatic N) is 3. The Kier molecular flexibility index (Phi) is 6.14. The maximum Gasteiger partial charge on any atom is 0.290 e. The summed E-state index contributed by atoms with van der Waals surface area (Å²) in [5.41, 5.74) is 7.87. The van der Waals surface area contributed by atoms with E-state index in [-0.39, 0.29) is 17.4 Å². The van der Waals surface area contributed by atoms with E-state index in [0.29, 0.717) is 17.6 Å². The first-order valence-corrected chi connectivity index (χ1v) is 10.4. The predicted octanol–water partition coefficient (Wildman–Crippen LogP) is 2.04. The van der Waals surface area contributed by atoms with Crippen LogP contribution in [-0.4, -0.2) is 48.1 Å².